The molecule has 0 aliphatic heterocycles. The van der Waals surface area contributed by atoms with Crippen molar-refractivity contribution < 1.29 is 43.2 Å². The van der Waals surface area contributed by atoms with E-state index in [-0.39, 0.29) is 58.7 Å². The number of aliphatic carboxylic acids is 1. The lowest BCUT2D eigenvalue weighted by Gasteiger charge is -2.33. The van der Waals surface area contributed by atoms with Crippen LogP contribution in [0.1, 0.15) is 79.2 Å². The second kappa shape index (κ2) is 19.3. The van der Waals surface area contributed by atoms with Crippen molar-refractivity contribution in [2.24, 2.45) is 11.3 Å². The molecule has 0 radical (unpaired) electrons. The number of hydrogen-bond acceptors (Lipinski definition) is 11. The van der Waals surface area contributed by atoms with Gasteiger partial charge in [-0.05, 0) is 65.9 Å². The first-order valence-corrected chi connectivity index (χ1v) is 16.1. The molecular weight excluding hydrogens is 620 g/mol. The Morgan fingerprint density at radius 2 is 1.67 bits per heavy atom. The molecule has 0 heterocycles. The number of esters is 2. The maximum atomic E-state index is 13.5. The van der Waals surface area contributed by atoms with Gasteiger partial charge in [-0.3, -0.25) is 14.4 Å². The molecule has 3 atom stereocenters. The number of thioether (sulfide) groups is 1. The Hall–Kier alpha value is -3.21. The van der Waals surface area contributed by atoms with Gasteiger partial charge >= 0.3 is 24.0 Å². The number of alkyl carbamates (subject to hydrolysis) is 1. The maximum absolute atomic E-state index is 13.5. The van der Waals surface area contributed by atoms with E-state index in [9.17, 15) is 29.5 Å². The third kappa shape index (κ3) is 16.1. The van der Waals surface area contributed by atoms with E-state index in [1.54, 1.807) is 34.6 Å². The van der Waals surface area contributed by atoms with E-state index in [1.807, 2.05) is 37.3 Å². The summed E-state index contributed by atoms with van der Waals surface area (Å²) in [7, 11) is 0. The third-order valence-corrected chi connectivity index (χ3v) is 8.10. The number of carbonyl (C=O) groups is 4. The summed E-state index contributed by atoms with van der Waals surface area (Å²) in [5, 5.41) is 21.8. The van der Waals surface area contributed by atoms with Crippen molar-refractivity contribution in [2.75, 3.05) is 33.0 Å². The molecular formula is C32H46N2O9S2. The van der Waals surface area contributed by atoms with Crippen LogP contribution in [0.4, 0.5) is 4.79 Å². The van der Waals surface area contributed by atoms with Crippen molar-refractivity contribution in [3.8, 4) is 6.07 Å². The number of nitriles is 1. The van der Waals surface area contributed by atoms with E-state index in [0.29, 0.717) is 10.6 Å². The summed E-state index contributed by atoms with van der Waals surface area (Å²) in [6, 6.07) is 11.3. The Labute approximate surface area is 275 Å². The average molecular weight is 667 g/mol. The number of amides is 1. The summed E-state index contributed by atoms with van der Waals surface area (Å²) in [6.45, 7) is 10.8. The van der Waals surface area contributed by atoms with E-state index in [0.717, 1.165) is 17.3 Å². The van der Waals surface area contributed by atoms with Gasteiger partial charge in [0, 0.05) is 13.0 Å². The molecule has 0 aliphatic carbocycles. The zero-order valence-electron chi connectivity index (χ0n) is 27.0. The standard InChI is InChI=1S/C32H46N2O9S2/c1-7-16-42-28(38)32(6,45-27(44)23-11-9-8-10-12-23)21-24(20-31(5,22-33)14-13-25(35)36)26(37)41-19-18-40-17-15-34-29(39)43-30(2,3)4/h8-12,24H,7,13-21H2,1-6H3,(H,34,39)(H,35,36). The summed E-state index contributed by atoms with van der Waals surface area (Å²) >= 11 is 6.76. The second-order valence-corrected chi connectivity index (χ2v) is 14.2. The van der Waals surface area contributed by atoms with Gasteiger partial charge in [0.1, 0.15) is 17.0 Å². The Morgan fingerprint density at radius 1 is 1.00 bits per heavy atom. The molecule has 0 fully saturated rings. The minimum absolute atomic E-state index is 0.00292. The highest BCUT2D eigenvalue weighted by Gasteiger charge is 2.44. The Kier molecular flexibility index (Phi) is 17.1. The molecule has 45 heavy (non-hydrogen) atoms. The molecule has 1 aromatic carbocycles. The number of carboxylic acid groups (broad SMARTS) is 1. The van der Waals surface area contributed by atoms with Crippen molar-refractivity contribution in [1.82, 2.24) is 5.32 Å². The quantitative estimate of drug-likeness (QED) is 0.0805. The summed E-state index contributed by atoms with van der Waals surface area (Å²) in [4.78, 5) is 49.9. The molecule has 1 amide bonds. The first-order chi connectivity index (χ1) is 21.0. The van der Waals surface area contributed by atoms with E-state index in [2.05, 4.69) is 11.4 Å². The fraction of sp³-hybridized carbons (Fsp3) is 0.625. The number of hydrogen-bond donors (Lipinski definition) is 2. The molecule has 0 saturated carbocycles. The van der Waals surface area contributed by atoms with Crippen molar-refractivity contribution in [2.45, 2.75) is 84.0 Å². The summed E-state index contributed by atoms with van der Waals surface area (Å²) in [5.74, 6) is -3.26. The Morgan fingerprint density at radius 3 is 2.24 bits per heavy atom. The highest BCUT2D eigenvalue weighted by molar-refractivity contribution is 8.25. The van der Waals surface area contributed by atoms with Crippen molar-refractivity contribution >= 4 is 52.2 Å². The normalized spacial score (nSPS) is 14.5. The van der Waals surface area contributed by atoms with Gasteiger partial charge in [-0.15, -0.1) is 0 Å². The van der Waals surface area contributed by atoms with Crippen LogP contribution in [0.5, 0.6) is 0 Å². The number of ether oxygens (including phenoxy) is 4. The lowest BCUT2D eigenvalue weighted by atomic mass is 9.76. The minimum atomic E-state index is -1.32. The molecule has 0 aliphatic rings. The zero-order chi connectivity index (χ0) is 34.1. The largest absolute Gasteiger partial charge is 0.481 e. The van der Waals surface area contributed by atoms with Gasteiger partial charge in [0.05, 0.1) is 41.4 Å². The first kappa shape index (κ1) is 39.8. The molecule has 0 saturated heterocycles. The van der Waals surface area contributed by atoms with Crippen LogP contribution >= 0.6 is 24.0 Å². The third-order valence-electron chi connectivity index (χ3n) is 6.41. The van der Waals surface area contributed by atoms with Gasteiger partial charge in [-0.1, -0.05) is 61.2 Å². The topological polar surface area (TPSA) is 161 Å². The van der Waals surface area contributed by atoms with Gasteiger partial charge in [0.2, 0.25) is 0 Å². The van der Waals surface area contributed by atoms with Crippen molar-refractivity contribution in [3.05, 3.63) is 35.9 Å². The van der Waals surface area contributed by atoms with Crippen molar-refractivity contribution in [1.29, 1.82) is 5.26 Å². The van der Waals surface area contributed by atoms with Crippen LogP contribution in [0.25, 0.3) is 0 Å². The number of benzene rings is 1. The zero-order valence-corrected chi connectivity index (χ0v) is 28.6. The van der Waals surface area contributed by atoms with E-state index in [4.69, 9.17) is 31.2 Å². The van der Waals surface area contributed by atoms with Gasteiger partial charge in [-0.2, -0.15) is 5.26 Å². The predicted octanol–water partition coefficient (Wildman–Crippen LogP) is 5.68. The Bertz CT molecular complexity index is 1180. The van der Waals surface area contributed by atoms with Gasteiger partial charge in [0.25, 0.3) is 0 Å². The fourth-order valence-corrected chi connectivity index (χ4v) is 5.93. The molecule has 1 rings (SSSR count). The number of nitrogens with one attached hydrogen (secondary N) is 1. The second-order valence-electron chi connectivity index (χ2n) is 12.0. The number of carbonyl (C=O) groups excluding carboxylic acids is 3. The van der Waals surface area contributed by atoms with Crippen LogP contribution in [0, 0.1) is 22.7 Å². The van der Waals surface area contributed by atoms with E-state index in [1.165, 1.54) is 0 Å². The van der Waals surface area contributed by atoms with Gasteiger partial charge in [-0.25, -0.2) is 4.79 Å². The predicted molar refractivity (Wildman–Crippen MR) is 175 cm³/mol. The monoisotopic (exact) mass is 666 g/mol. The first-order valence-electron chi connectivity index (χ1n) is 14.8. The molecule has 250 valence electrons. The van der Waals surface area contributed by atoms with Crippen LogP contribution in [0.15, 0.2) is 30.3 Å². The average Bonchev–Trinajstić information content (AvgIpc) is 2.97. The van der Waals surface area contributed by atoms with Crippen LogP contribution in [-0.4, -0.2) is 76.6 Å². The molecule has 3 unspecified atom stereocenters. The summed E-state index contributed by atoms with van der Waals surface area (Å²) < 4.78 is 20.8. The maximum Gasteiger partial charge on any atom is 0.407 e. The summed E-state index contributed by atoms with van der Waals surface area (Å²) in [5.41, 5.74) is -1.09. The van der Waals surface area contributed by atoms with Crippen molar-refractivity contribution in [3.63, 3.8) is 0 Å². The highest BCUT2D eigenvalue weighted by Crippen LogP contribution is 2.41. The number of carboxylic acids is 1. The number of rotatable bonds is 19. The Balaban J connectivity index is 3.07. The van der Waals surface area contributed by atoms with Crippen LogP contribution in [0.3, 0.4) is 0 Å². The highest BCUT2D eigenvalue weighted by atomic mass is 32.2. The molecule has 2 N–H and O–H groups in total. The van der Waals surface area contributed by atoms with Gasteiger partial charge < -0.3 is 29.4 Å². The molecule has 13 heteroatoms. The van der Waals surface area contributed by atoms with Crippen LogP contribution in [0.2, 0.25) is 0 Å². The van der Waals surface area contributed by atoms with E-state index >= 15 is 0 Å². The van der Waals surface area contributed by atoms with Crippen LogP contribution in [-0.2, 0) is 33.3 Å². The minimum Gasteiger partial charge on any atom is -0.481 e. The van der Waals surface area contributed by atoms with Crippen LogP contribution < -0.4 is 5.32 Å². The van der Waals surface area contributed by atoms with E-state index < -0.39 is 45.7 Å². The number of nitrogens with zero attached hydrogens (tertiary/aromatic N) is 1. The fourth-order valence-electron chi connectivity index (χ4n) is 4.15. The summed E-state index contributed by atoms with van der Waals surface area (Å²) in [6.07, 6.45) is -0.365. The molecule has 1 aromatic rings. The molecule has 11 nitrogen and oxygen atoms in total. The SMILES string of the molecule is CCCOC(=O)C(C)(CC(CC(C)(C#N)CCC(=O)O)C(=O)OCCOCCNC(=O)OC(C)(C)C)SC(=S)c1ccccc1. The molecule has 0 bridgehead atoms. The lowest BCUT2D eigenvalue weighted by Crippen LogP contribution is -2.40. The number of thiocarbonyl (C=S) groups is 1. The smallest absolute Gasteiger partial charge is 0.407 e. The molecule has 0 spiro atoms. The lowest BCUT2D eigenvalue weighted by molar-refractivity contribution is -0.153. The molecule has 0 aromatic heterocycles. The van der Waals surface area contributed by atoms with Gasteiger partial charge in [0.15, 0.2) is 0 Å².